The normalized spacial score (nSPS) is 14.7. The third kappa shape index (κ3) is 5.64. The number of benzene rings is 2. The molecule has 0 amide bonds. The van der Waals surface area contributed by atoms with Crippen molar-refractivity contribution in [3.8, 4) is 0 Å². The fraction of sp³-hybridized carbons (Fsp3) is 0.235. The SMILES string of the molecule is COC(=O)[C@H](Cc1ccccc1)OP(=O)(O)Cc1ccccc1. The molecule has 122 valence electrons. The maximum Gasteiger partial charge on any atom is 0.335 e. The Kier molecular flexibility index (Phi) is 6.11. The molecule has 23 heavy (non-hydrogen) atoms. The summed E-state index contributed by atoms with van der Waals surface area (Å²) in [6.45, 7) is 0. The molecule has 0 aromatic heterocycles. The van der Waals surface area contributed by atoms with Gasteiger partial charge in [-0.25, -0.2) is 4.79 Å². The van der Waals surface area contributed by atoms with Gasteiger partial charge in [-0.1, -0.05) is 60.7 Å². The summed E-state index contributed by atoms with van der Waals surface area (Å²) in [5, 5.41) is 0. The maximum atomic E-state index is 12.3. The van der Waals surface area contributed by atoms with E-state index in [1.165, 1.54) is 7.11 Å². The molecule has 0 spiro atoms. The van der Waals surface area contributed by atoms with E-state index in [9.17, 15) is 14.3 Å². The fourth-order valence-electron chi connectivity index (χ4n) is 2.17. The predicted molar refractivity (Wildman–Crippen MR) is 87.0 cm³/mol. The molecule has 1 N–H and O–H groups in total. The minimum Gasteiger partial charge on any atom is -0.467 e. The van der Waals surface area contributed by atoms with Crippen LogP contribution in [0, 0.1) is 0 Å². The number of carbonyl (C=O) groups excluding carboxylic acids is 1. The Bertz CT molecular complexity index is 672. The molecule has 5 nitrogen and oxygen atoms in total. The Balaban J connectivity index is 2.10. The first-order valence-corrected chi connectivity index (χ1v) is 8.92. The summed E-state index contributed by atoms with van der Waals surface area (Å²) in [6, 6.07) is 18.0. The van der Waals surface area contributed by atoms with Crippen LogP contribution in [0.15, 0.2) is 60.7 Å². The predicted octanol–water partition coefficient (Wildman–Crippen LogP) is 3.17. The van der Waals surface area contributed by atoms with Gasteiger partial charge in [0.15, 0.2) is 6.10 Å². The highest BCUT2D eigenvalue weighted by atomic mass is 31.2. The van der Waals surface area contributed by atoms with Gasteiger partial charge in [0.1, 0.15) is 0 Å². The molecule has 2 aromatic rings. The van der Waals surface area contributed by atoms with Gasteiger partial charge in [-0.15, -0.1) is 0 Å². The molecule has 0 bridgehead atoms. The maximum absolute atomic E-state index is 12.3. The van der Waals surface area contributed by atoms with Crippen LogP contribution in [0.1, 0.15) is 11.1 Å². The van der Waals surface area contributed by atoms with Crippen molar-refractivity contribution in [3.63, 3.8) is 0 Å². The molecule has 0 aliphatic heterocycles. The van der Waals surface area contributed by atoms with E-state index < -0.39 is 19.7 Å². The molecule has 2 atom stereocenters. The van der Waals surface area contributed by atoms with E-state index in [0.717, 1.165) is 5.56 Å². The Labute approximate surface area is 135 Å². The van der Waals surface area contributed by atoms with Gasteiger partial charge in [0.25, 0.3) is 0 Å². The van der Waals surface area contributed by atoms with E-state index >= 15 is 0 Å². The van der Waals surface area contributed by atoms with Crippen molar-refractivity contribution in [2.75, 3.05) is 7.11 Å². The second kappa shape index (κ2) is 8.06. The smallest absolute Gasteiger partial charge is 0.335 e. The van der Waals surface area contributed by atoms with E-state index in [2.05, 4.69) is 4.74 Å². The van der Waals surface area contributed by atoms with Crippen LogP contribution in [0.4, 0.5) is 0 Å². The van der Waals surface area contributed by atoms with Crippen LogP contribution in [0.5, 0.6) is 0 Å². The average Bonchev–Trinajstić information content (AvgIpc) is 2.54. The summed E-state index contributed by atoms with van der Waals surface area (Å²) in [4.78, 5) is 22.0. The molecule has 0 aliphatic rings. The van der Waals surface area contributed by atoms with Gasteiger partial charge >= 0.3 is 13.6 Å². The molecule has 0 fully saturated rings. The van der Waals surface area contributed by atoms with Crippen molar-refractivity contribution in [2.24, 2.45) is 0 Å². The quantitative estimate of drug-likeness (QED) is 0.622. The first-order chi connectivity index (χ1) is 11.0. The Morgan fingerprint density at radius 3 is 2.09 bits per heavy atom. The number of carbonyl (C=O) groups is 1. The van der Waals surface area contributed by atoms with Crippen molar-refractivity contribution in [3.05, 3.63) is 71.8 Å². The zero-order valence-corrected chi connectivity index (χ0v) is 13.7. The van der Waals surface area contributed by atoms with E-state index in [1.54, 1.807) is 24.3 Å². The van der Waals surface area contributed by atoms with Crippen LogP contribution in [0.2, 0.25) is 0 Å². The number of hydrogen-bond donors (Lipinski definition) is 1. The van der Waals surface area contributed by atoms with Gasteiger partial charge in [-0.05, 0) is 11.1 Å². The molecule has 0 saturated heterocycles. The third-order valence-corrected chi connectivity index (χ3v) is 4.59. The van der Waals surface area contributed by atoms with Crippen LogP contribution in [-0.2, 0) is 31.2 Å². The average molecular weight is 334 g/mol. The van der Waals surface area contributed by atoms with Crippen molar-refractivity contribution in [2.45, 2.75) is 18.7 Å². The number of hydrogen-bond acceptors (Lipinski definition) is 4. The Morgan fingerprint density at radius 2 is 1.57 bits per heavy atom. The second-order valence-corrected chi connectivity index (χ2v) is 6.89. The molecule has 6 heteroatoms. The fourth-order valence-corrected chi connectivity index (χ4v) is 3.48. The standard InChI is InChI=1S/C17H19O5P/c1-21-17(18)16(12-14-8-4-2-5-9-14)22-23(19,20)13-15-10-6-3-7-11-15/h2-11,16H,12-13H2,1H3,(H,19,20)/t16-/m0/s1. The summed E-state index contributed by atoms with van der Waals surface area (Å²) < 4.78 is 22.2. The van der Waals surface area contributed by atoms with Crippen LogP contribution < -0.4 is 0 Å². The molecule has 0 heterocycles. The highest BCUT2D eigenvalue weighted by Crippen LogP contribution is 2.47. The van der Waals surface area contributed by atoms with Crippen molar-refractivity contribution < 1.29 is 23.5 Å². The van der Waals surface area contributed by atoms with Gasteiger partial charge in [0, 0.05) is 6.42 Å². The summed E-state index contributed by atoms with van der Waals surface area (Å²) in [5.41, 5.74) is 1.49. The minimum absolute atomic E-state index is 0.157. The number of rotatable bonds is 7. The summed E-state index contributed by atoms with van der Waals surface area (Å²) in [5.74, 6) is -0.670. The number of ether oxygens (including phenoxy) is 1. The zero-order valence-electron chi connectivity index (χ0n) is 12.8. The minimum atomic E-state index is -3.98. The van der Waals surface area contributed by atoms with Gasteiger partial charge in [0.05, 0.1) is 13.3 Å². The second-order valence-electron chi connectivity index (χ2n) is 5.09. The molecule has 0 radical (unpaired) electrons. The molecule has 2 rings (SSSR count). The number of esters is 1. The summed E-state index contributed by atoms with van der Waals surface area (Å²) in [6.07, 6.45) is -1.11. The lowest BCUT2D eigenvalue weighted by molar-refractivity contribution is -0.149. The molecular formula is C17H19O5P. The van der Waals surface area contributed by atoms with E-state index in [-0.39, 0.29) is 12.6 Å². The van der Waals surface area contributed by atoms with Gasteiger partial charge < -0.3 is 9.63 Å². The lowest BCUT2D eigenvalue weighted by atomic mass is 10.1. The van der Waals surface area contributed by atoms with Crippen molar-refractivity contribution >= 4 is 13.6 Å². The lowest BCUT2D eigenvalue weighted by Crippen LogP contribution is -2.27. The van der Waals surface area contributed by atoms with Crippen LogP contribution in [-0.4, -0.2) is 24.1 Å². The zero-order chi connectivity index (χ0) is 16.7. The van der Waals surface area contributed by atoms with E-state index in [4.69, 9.17) is 4.52 Å². The van der Waals surface area contributed by atoms with Gasteiger partial charge in [-0.3, -0.25) is 9.09 Å². The molecule has 2 aromatic carbocycles. The van der Waals surface area contributed by atoms with Gasteiger partial charge in [-0.2, -0.15) is 0 Å². The Morgan fingerprint density at radius 1 is 1.04 bits per heavy atom. The van der Waals surface area contributed by atoms with E-state index in [0.29, 0.717) is 5.56 Å². The summed E-state index contributed by atoms with van der Waals surface area (Å²) in [7, 11) is -2.75. The topological polar surface area (TPSA) is 72.8 Å². The van der Waals surface area contributed by atoms with Crippen molar-refractivity contribution in [1.82, 2.24) is 0 Å². The monoisotopic (exact) mass is 334 g/mol. The molecule has 0 aliphatic carbocycles. The molecular weight excluding hydrogens is 315 g/mol. The first-order valence-electron chi connectivity index (χ1n) is 7.16. The van der Waals surface area contributed by atoms with Crippen LogP contribution in [0.25, 0.3) is 0 Å². The van der Waals surface area contributed by atoms with Gasteiger partial charge in [0.2, 0.25) is 0 Å². The lowest BCUT2D eigenvalue weighted by Gasteiger charge is -2.19. The third-order valence-electron chi connectivity index (χ3n) is 3.25. The molecule has 1 unspecified atom stereocenters. The van der Waals surface area contributed by atoms with Crippen molar-refractivity contribution in [1.29, 1.82) is 0 Å². The molecule has 0 saturated carbocycles. The van der Waals surface area contributed by atoms with E-state index in [1.807, 2.05) is 36.4 Å². The van der Waals surface area contributed by atoms with Crippen LogP contribution >= 0.6 is 7.60 Å². The number of methoxy groups -OCH3 is 1. The summed E-state index contributed by atoms with van der Waals surface area (Å²) >= 11 is 0. The largest absolute Gasteiger partial charge is 0.467 e. The highest BCUT2D eigenvalue weighted by Gasteiger charge is 2.30. The van der Waals surface area contributed by atoms with Crippen LogP contribution in [0.3, 0.4) is 0 Å². The Hall–Kier alpha value is -1.94. The highest BCUT2D eigenvalue weighted by molar-refractivity contribution is 7.52. The first kappa shape index (κ1) is 17.4.